The molecule has 29 heavy (non-hydrogen) atoms. The Hall–Kier alpha value is -2.00. The van der Waals surface area contributed by atoms with Crippen molar-refractivity contribution < 1.29 is 14.2 Å². The van der Waals surface area contributed by atoms with Crippen LogP contribution in [-0.2, 0) is 11.3 Å². The van der Waals surface area contributed by atoms with Crippen molar-refractivity contribution in [2.24, 2.45) is 4.99 Å². The fourth-order valence-electron chi connectivity index (χ4n) is 2.86. The van der Waals surface area contributed by atoms with Gasteiger partial charge in [0.1, 0.15) is 0 Å². The molecule has 0 saturated heterocycles. The lowest BCUT2D eigenvalue weighted by Gasteiger charge is -2.14. The van der Waals surface area contributed by atoms with E-state index in [2.05, 4.69) is 27.8 Å². The van der Waals surface area contributed by atoms with Gasteiger partial charge < -0.3 is 24.8 Å². The lowest BCUT2D eigenvalue weighted by molar-refractivity contribution is 0.117. The van der Waals surface area contributed by atoms with Crippen LogP contribution in [-0.4, -0.2) is 39.4 Å². The van der Waals surface area contributed by atoms with E-state index in [1.54, 1.807) is 7.05 Å². The lowest BCUT2D eigenvalue weighted by Crippen LogP contribution is -2.31. The maximum atomic E-state index is 5.73. The van der Waals surface area contributed by atoms with Gasteiger partial charge in [-0.3, -0.25) is 4.99 Å². The molecule has 6 nitrogen and oxygen atoms in total. The van der Waals surface area contributed by atoms with E-state index >= 15 is 0 Å². The number of anilines is 1. The van der Waals surface area contributed by atoms with Crippen molar-refractivity contribution in [1.82, 2.24) is 5.32 Å². The number of nitrogens with one attached hydrogen (secondary N) is 2. The van der Waals surface area contributed by atoms with E-state index in [1.165, 1.54) is 5.56 Å². The number of unbranched alkanes of at least 4 members (excludes halogenated alkanes) is 1. The standard InChI is InChI=1S/C22H29N3O3.HI/c1-23-22(24-12-5-6-13-26-17-18-8-3-2-4-9-18)25-19-10-11-20-21(16-19)28-15-7-14-27-20;/h2-4,8-11,16H,5-7,12-15,17H2,1H3,(H2,23,24,25);1H. The summed E-state index contributed by atoms with van der Waals surface area (Å²) >= 11 is 0. The van der Waals surface area contributed by atoms with E-state index in [-0.39, 0.29) is 24.0 Å². The van der Waals surface area contributed by atoms with Gasteiger partial charge in [-0.1, -0.05) is 30.3 Å². The summed E-state index contributed by atoms with van der Waals surface area (Å²) in [5.41, 5.74) is 2.13. The monoisotopic (exact) mass is 511 g/mol. The molecule has 0 atom stereocenters. The first-order chi connectivity index (χ1) is 13.8. The average molecular weight is 511 g/mol. The van der Waals surface area contributed by atoms with Gasteiger partial charge in [0.05, 0.1) is 19.8 Å². The molecular formula is C22H30IN3O3. The molecule has 7 heteroatoms. The first-order valence-corrected chi connectivity index (χ1v) is 9.84. The molecule has 0 aromatic heterocycles. The number of rotatable bonds is 8. The van der Waals surface area contributed by atoms with Gasteiger partial charge in [-0.2, -0.15) is 0 Å². The van der Waals surface area contributed by atoms with Crippen LogP contribution in [0.1, 0.15) is 24.8 Å². The number of halogens is 1. The molecule has 0 radical (unpaired) electrons. The second-order valence-corrected chi connectivity index (χ2v) is 6.58. The Labute approximate surface area is 190 Å². The third-order valence-electron chi connectivity index (χ3n) is 4.35. The number of hydrogen-bond acceptors (Lipinski definition) is 4. The second-order valence-electron chi connectivity index (χ2n) is 6.58. The molecule has 0 spiro atoms. The Kier molecular flexibility index (Phi) is 10.6. The number of nitrogens with zero attached hydrogens (tertiary/aromatic N) is 1. The molecule has 1 aliphatic heterocycles. The highest BCUT2D eigenvalue weighted by molar-refractivity contribution is 14.0. The van der Waals surface area contributed by atoms with Crippen LogP contribution in [0.5, 0.6) is 11.5 Å². The minimum atomic E-state index is 0. The predicted molar refractivity (Wildman–Crippen MR) is 128 cm³/mol. The SMILES string of the molecule is CN=C(NCCCCOCc1ccccc1)Nc1ccc2c(c1)OCCCO2.I. The van der Waals surface area contributed by atoms with Gasteiger partial charge in [-0.05, 0) is 30.5 Å². The van der Waals surface area contributed by atoms with Crippen LogP contribution in [0.25, 0.3) is 0 Å². The van der Waals surface area contributed by atoms with E-state index in [1.807, 2.05) is 36.4 Å². The number of fused-ring (bicyclic) bond motifs is 1. The zero-order valence-corrected chi connectivity index (χ0v) is 19.2. The predicted octanol–water partition coefficient (Wildman–Crippen LogP) is 4.45. The largest absolute Gasteiger partial charge is 0.490 e. The fourth-order valence-corrected chi connectivity index (χ4v) is 2.86. The van der Waals surface area contributed by atoms with Gasteiger partial charge in [-0.15, -0.1) is 24.0 Å². The molecule has 0 saturated carbocycles. The number of guanidine groups is 1. The van der Waals surface area contributed by atoms with Gasteiger partial charge in [0.15, 0.2) is 17.5 Å². The zero-order chi connectivity index (χ0) is 19.4. The molecule has 1 aliphatic rings. The number of hydrogen-bond donors (Lipinski definition) is 2. The molecule has 2 aromatic rings. The van der Waals surface area contributed by atoms with Crippen LogP contribution in [0.15, 0.2) is 53.5 Å². The summed E-state index contributed by atoms with van der Waals surface area (Å²) in [6, 6.07) is 16.1. The Morgan fingerprint density at radius 1 is 1.03 bits per heavy atom. The Bertz CT molecular complexity index is 756. The maximum absolute atomic E-state index is 5.73. The molecule has 2 N–H and O–H groups in total. The zero-order valence-electron chi connectivity index (χ0n) is 16.9. The van der Waals surface area contributed by atoms with Crippen LogP contribution in [0, 0.1) is 0 Å². The van der Waals surface area contributed by atoms with Crippen LogP contribution in [0.2, 0.25) is 0 Å². The third kappa shape index (κ3) is 8.10. The van der Waals surface area contributed by atoms with E-state index in [9.17, 15) is 0 Å². The molecule has 0 bridgehead atoms. The summed E-state index contributed by atoms with van der Waals surface area (Å²) in [5, 5.41) is 6.63. The smallest absolute Gasteiger partial charge is 0.195 e. The van der Waals surface area contributed by atoms with Crippen molar-refractivity contribution >= 4 is 35.6 Å². The van der Waals surface area contributed by atoms with Crippen LogP contribution in [0.4, 0.5) is 5.69 Å². The first-order valence-electron chi connectivity index (χ1n) is 9.84. The molecule has 0 aliphatic carbocycles. The summed E-state index contributed by atoms with van der Waals surface area (Å²) < 4.78 is 17.1. The quantitative estimate of drug-likeness (QED) is 0.237. The summed E-state index contributed by atoms with van der Waals surface area (Å²) in [4.78, 5) is 4.28. The van der Waals surface area contributed by atoms with Crippen molar-refractivity contribution in [3.05, 3.63) is 54.1 Å². The molecule has 2 aromatic carbocycles. The molecule has 1 heterocycles. The van der Waals surface area contributed by atoms with Gasteiger partial charge in [0, 0.05) is 38.4 Å². The van der Waals surface area contributed by atoms with Gasteiger partial charge in [0.2, 0.25) is 0 Å². The maximum Gasteiger partial charge on any atom is 0.195 e. The van der Waals surface area contributed by atoms with Gasteiger partial charge in [0.25, 0.3) is 0 Å². The van der Waals surface area contributed by atoms with E-state index in [4.69, 9.17) is 14.2 Å². The van der Waals surface area contributed by atoms with Crippen LogP contribution < -0.4 is 20.1 Å². The minimum absolute atomic E-state index is 0. The average Bonchev–Trinajstić information content (AvgIpc) is 2.98. The van der Waals surface area contributed by atoms with E-state index < -0.39 is 0 Å². The number of benzene rings is 2. The van der Waals surface area contributed by atoms with E-state index in [0.29, 0.717) is 19.8 Å². The summed E-state index contributed by atoms with van der Waals surface area (Å²) in [6.45, 7) is 3.62. The summed E-state index contributed by atoms with van der Waals surface area (Å²) in [7, 11) is 1.77. The number of aliphatic imine (C=N–C) groups is 1. The van der Waals surface area contributed by atoms with Gasteiger partial charge >= 0.3 is 0 Å². The van der Waals surface area contributed by atoms with Crippen molar-refractivity contribution in [2.75, 3.05) is 38.7 Å². The molecule has 3 rings (SSSR count). The normalized spacial score (nSPS) is 13.2. The molecule has 0 amide bonds. The first kappa shape index (κ1) is 23.3. The summed E-state index contributed by atoms with van der Waals surface area (Å²) in [6.07, 6.45) is 2.91. The summed E-state index contributed by atoms with van der Waals surface area (Å²) in [5.74, 6) is 2.30. The Morgan fingerprint density at radius 2 is 1.83 bits per heavy atom. The topological polar surface area (TPSA) is 64.1 Å². The van der Waals surface area contributed by atoms with Gasteiger partial charge in [-0.25, -0.2) is 0 Å². The lowest BCUT2D eigenvalue weighted by atomic mass is 10.2. The molecule has 0 unspecified atom stereocenters. The Morgan fingerprint density at radius 3 is 2.62 bits per heavy atom. The second kappa shape index (κ2) is 13.3. The Balaban J connectivity index is 0.00000300. The number of ether oxygens (including phenoxy) is 3. The van der Waals surface area contributed by atoms with Crippen molar-refractivity contribution in [3.8, 4) is 11.5 Å². The third-order valence-corrected chi connectivity index (χ3v) is 4.35. The van der Waals surface area contributed by atoms with Crippen LogP contribution >= 0.6 is 24.0 Å². The fraction of sp³-hybridized carbons (Fsp3) is 0.409. The van der Waals surface area contributed by atoms with E-state index in [0.717, 1.165) is 55.6 Å². The van der Waals surface area contributed by atoms with Crippen molar-refractivity contribution in [3.63, 3.8) is 0 Å². The molecular weight excluding hydrogens is 481 g/mol. The molecule has 158 valence electrons. The van der Waals surface area contributed by atoms with Crippen molar-refractivity contribution in [2.45, 2.75) is 25.9 Å². The molecule has 0 fully saturated rings. The van der Waals surface area contributed by atoms with Crippen molar-refractivity contribution in [1.29, 1.82) is 0 Å². The highest BCUT2D eigenvalue weighted by Crippen LogP contribution is 2.32. The minimum Gasteiger partial charge on any atom is -0.490 e. The highest BCUT2D eigenvalue weighted by atomic mass is 127. The highest BCUT2D eigenvalue weighted by Gasteiger charge is 2.11. The van der Waals surface area contributed by atoms with Crippen LogP contribution in [0.3, 0.4) is 0 Å².